The summed E-state index contributed by atoms with van der Waals surface area (Å²) in [5.41, 5.74) is 1.20. The van der Waals surface area contributed by atoms with Crippen molar-refractivity contribution in [1.82, 2.24) is 4.90 Å². The van der Waals surface area contributed by atoms with E-state index in [1.165, 1.54) is 6.26 Å². The SMILES string of the molecule is CCN(CC)CCOC(=O)c1coc2ccccc12.Cl. The molecule has 20 heavy (non-hydrogen) atoms. The zero-order valence-electron chi connectivity index (χ0n) is 11.8. The Morgan fingerprint density at radius 1 is 1.25 bits per heavy atom. The van der Waals surface area contributed by atoms with Crippen LogP contribution in [0.3, 0.4) is 0 Å². The average Bonchev–Trinajstić information content (AvgIpc) is 2.87. The van der Waals surface area contributed by atoms with Crippen LogP contribution in [-0.4, -0.2) is 37.1 Å². The van der Waals surface area contributed by atoms with E-state index in [1.54, 1.807) is 0 Å². The van der Waals surface area contributed by atoms with Gasteiger partial charge >= 0.3 is 5.97 Å². The number of para-hydroxylation sites is 1. The highest BCUT2D eigenvalue weighted by Gasteiger charge is 2.14. The Balaban J connectivity index is 0.00000200. The number of fused-ring (bicyclic) bond motifs is 1. The Morgan fingerprint density at radius 3 is 2.65 bits per heavy atom. The Labute approximate surface area is 125 Å². The molecule has 0 radical (unpaired) electrons. The summed E-state index contributed by atoms with van der Waals surface area (Å²) in [5, 5.41) is 0.801. The van der Waals surface area contributed by atoms with Crippen LogP contribution in [0.15, 0.2) is 34.9 Å². The number of rotatable bonds is 6. The van der Waals surface area contributed by atoms with Crippen LogP contribution in [0.4, 0.5) is 0 Å². The molecule has 4 nitrogen and oxygen atoms in total. The normalized spacial score (nSPS) is 10.6. The van der Waals surface area contributed by atoms with E-state index in [4.69, 9.17) is 9.15 Å². The molecule has 1 aromatic carbocycles. The lowest BCUT2D eigenvalue weighted by molar-refractivity contribution is 0.0467. The largest absolute Gasteiger partial charge is 0.463 e. The fourth-order valence-corrected chi connectivity index (χ4v) is 2.02. The number of carbonyl (C=O) groups excluding carboxylic acids is 1. The predicted octanol–water partition coefficient (Wildman–Crippen LogP) is 3.35. The van der Waals surface area contributed by atoms with E-state index in [2.05, 4.69) is 18.7 Å². The molecule has 0 saturated carbocycles. The molecule has 0 N–H and O–H groups in total. The van der Waals surface area contributed by atoms with E-state index in [0.717, 1.165) is 25.0 Å². The van der Waals surface area contributed by atoms with Crippen molar-refractivity contribution in [2.45, 2.75) is 13.8 Å². The first-order valence-corrected chi connectivity index (χ1v) is 6.62. The summed E-state index contributed by atoms with van der Waals surface area (Å²) >= 11 is 0. The van der Waals surface area contributed by atoms with Gasteiger partial charge in [-0.2, -0.15) is 0 Å². The van der Waals surface area contributed by atoms with Crippen LogP contribution in [0.5, 0.6) is 0 Å². The van der Waals surface area contributed by atoms with Crippen molar-refractivity contribution in [3.8, 4) is 0 Å². The molecule has 0 fully saturated rings. The molecule has 0 spiro atoms. The third kappa shape index (κ3) is 3.74. The number of nitrogens with zero attached hydrogens (tertiary/aromatic N) is 1. The van der Waals surface area contributed by atoms with E-state index in [-0.39, 0.29) is 18.4 Å². The van der Waals surface area contributed by atoms with Crippen LogP contribution in [-0.2, 0) is 4.74 Å². The lowest BCUT2D eigenvalue weighted by Crippen LogP contribution is -2.27. The zero-order chi connectivity index (χ0) is 13.7. The molecule has 0 aliphatic rings. The van der Waals surface area contributed by atoms with E-state index in [9.17, 15) is 4.79 Å². The summed E-state index contributed by atoms with van der Waals surface area (Å²) in [4.78, 5) is 14.2. The minimum atomic E-state index is -0.322. The van der Waals surface area contributed by atoms with Crippen LogP contribution >= 0.6 is 12.4 Å². The Kier molecular flexibility index (Phi) is 6.55. The van der Waals surface area contributed by atoms with Crippen molar-refractivity contribution in [1.29, 1.82) is 0 Å². The predicted molar refractivity (Wildman–Crippen MR) is 81.5 cm³/mol. The number of halogens is 1. The molecule has 2 rings (SSSR count). The van der Waals surface area contributed by atoms with Gasteiger partial charge in [-0.1, -0.05) is 32.0 Å². The van der Waals surface area contributed by atoms with Gasteiger partial charge in [0.2, 0.25) is 0 Å². The second kappa shape index (κ2) is 7.92. The van der Waals surface area contributed by atoms with E-state index >= 15 is 0 Å². The number of hydrogen-bond acceptors (Lipinski definition) is 4. The third-order valence-electron chi connectivity index (χ3n) is 3.24. The number of carbonyl (C=O) groups is 1. The molecule has 0 atom stereocenters. The van der Waals surface area contributed by atoms with Gasteiger partial charge in [0.05, 0.1) is 0 Å². The van der Waals surface area contributed by atoms with Crippen molar-refractivity contribution in [2.24, 2.45) is 0 Å². The van der Waals surface area contributed by atoms with Gasteiger partial charge in [0.15, 0.2) is 0 Å². The number of benzene rings is 1. The van der Waals surface area contributed by atoms with Gasteiger partial charge in [-0.3, -0.25) is 0 Å². The molecule has 5 heteroatoms. The molecular formula is C15H20ClNO3. The molecule has 0 aliphatic heterocycles. The summed E-state index contributed by atoms with van der Waals surface area (Å²) < 4.78 is 10.6. The summed E-state index contributed by atoms with van der Waals surface area (Å²) in [5.74, 6) is -0.322. The first-order valence-electron chi connectivity index (χ1n) is 6.62. The number of likely N-dealkylation sites (N-methyl/N-ethyl adjacent to an activating group) is 1. The van der Waals surface area contributed by atoms with Crippen LogP contribution in [0.1, 0.15) is 24.2 Å². The maximum atomic E-state index is 12.0. The van der Waals surface area contributed by atoms with Crippen LogP contribution in [0, 0.1) is 0 Å². The first kappa shape index (κ1) is 16.5. The van der Waals surface area contributed by atoms with Gasteiger partial charge in [0.1, 0.15) is 24.0 Å². The Bertz CT molecular complexity index is 549. The van der Waals surface area contributed by atoms with Gasteiger partial charge in [0, 0.05) is 11.9 Å². The molecule has 2 aromatic rings. The monoisotopic (exact) mass is 297 g/mol. The summed E-state index contributed by atoms with van der Waals surface area (Å²) in [6.07, 6.45) is 1.46. The zero-order valence-corrected chi connectivity index (χ0v) is 12.6. The number of hydrogen-bond donors (Lipinski definition) is 0. The molecule has 1 heterocycles. The molecular weight excluding hydrogens is 278 g/mol. The topological polar surface area (TPSA) is 42.7 Å². The quantitative estimate of drug-likeness (QED) is 0.767. The van der Waals surface area contributed by atoms with Gasteiger partial charge in [0.25, 0.3) is 0 Å². The maximum Gasteiger partial charge on any atom is 0.342 e. The third-order valence-corrected chi connectivity index (χ3v) is 3.24. The van der Waals surface area contributed by atoms with Crippen molar-refractivity contribution in [3.63, 3.8) is 0 Å². The van der Waals surface area contributed by atoms with Gasteiger partial charge < -0.3 is 14.1 Å². The van der Waals surface area contributed by atoms with Crippen molar-refractivity contribution < 1.29 is 13.9 Å². The average molecular weight is 298 g/mol. The fourth-order valence-electron chi connectivity index (χ4n) is 2.02. The van der Waals surface area contributed by atoms with Crippen LogP contribution in [0.2, 0.25) is 0 Å². The number of esters is 1. The van der Waals surface area contributed by atoms with Crippen LogP contribution in [0.25, 0.3) is 11.0 Å². The summed E-state index contributed by atoms with van der Waals surface area (Å²) in [6, 6.07) is 7.45. The number of furan rings is 1. The molecule has 0 aliphatic carbocycles. The molecule has 0 unspecified atom stereocenters. The van der Waals surface area contributed by atoms with Gasteiger partial charge in [-0.05, 0) is 19.2 Å². The fraction of sp³-hybridized carbons (Fsp3) is 0.400. The lowest BCUT2D eigenvalue weighted by atomic mass is 10.2. The molecule has 110 valence electrons. The second-order valence-electron chi connectivity index (χ2n) is 4.31. The highest BCUT2D eigenvalue weighted by atomic mass is 35.5. The van der Waals surface area contributed by atoms with Gasteiger partial charge in [-0.15, -0.1) is 12.4 Å². The molecule has 0 amide bonds. The van der Waals surface area contributed by atoms with Crippen molar-refractivity contribution in [3.05, 3.63) is 36.1 Å². The van der Waals surface area contributed by atoms with Crippen molar-refractivity contribution >= 4 is 29.3 Å². The number of ether oxygens (including phenoxy) is 1. The summed E-state index contributed by atoms with van der Waals surface area (Å²) in [7, 11) is 0. The molecule has 1 aromatic heterocycles. The van der Waals surface area contributed by atoms with Crippen molar-refractivity contribution in [2.75, 3.05) is 26.2 Å². The maximum absolute atomic E-state index is 12.0. The first-order chi connectivity index (χ1) is 9.26. The highest BCUT2D eigenvalue weighted by molar-refractivity contribution is 6.03. The van der Waals surface area contributed by atoms with E-state index in [1.807, 2.05) is 24.3 Å². The van der Waals surface area contributed by atoms with Gasteiger partial charge in [-0.25, -0.2) is 4.79 Å². The molecule has 0 saturated heterocycles. The standard InChI is InChI=1S/C15H19NO3.ClH/c1-3-16(4-2)9-10-18-15(17)13-11-19-14-8-6-5-7-12(13)14;/h5-8,11H,3-4,9-10H2,1-2H3;1H. The Morgan fingerprint density at radius 2 is 1.95 bits per heavy atom. The minimum absolute atomic E-state index is 0. The highest BCUT2D eigenvalue weighted by Crippen LogP contribution is 2.21. The van der Waals surface area contributed by atoms with E-state index in [0.29, 0.717) is 17.8 Å². The van der Waals surface area contributed by atoms with Crippen LogP contribution < -0.4 is 0 Å². The lowest BCUT2D eigenvalue weighted by Gasteiger charge is -2.17. The van der Waals surface area contributed by atoms with E-state index < -0.39 is 0 Å². The molecule has 0 bridgehead atoms. The smallest absolute Gasteiger partial charge is 0.342 e. The summed E-state index contributed by atoms with van der Waals surface area (Å²) in [6.45, 7) is 7.27. The second-order valence-corrected chi connectivity index (χ2v) is 4.31. The minimum Gasteiger partial charge on any atom is -0.463 e. The Hall–Kier alpha value is -1.52.